The molecule has 0 aliphatic heterocycles. The fraction of sp³-hybridized carbons (Fsp3) is 0.909. The van der Waals surface area contributed by atoms with Gasteiger partial charge in [-0.1, -0.05) is 46.0 Å². The molecule has 1 heteroatoms. The molecule has 0 N–H and O–H groups in total. The third-order valence-corrected chi connectivity index (χ3v) is 2.42. The smallest absolute Gasteiger partial charge is 0.198 e. The van der Waals surface area contributed by atoms with Crippen LogP contribution < -0.4 is 0 Å². The van der Waals surface area contributed by atoms with Gasteiger partial charge in [0.15, 0.2) is 6.29 Å². The van der Waals surface area contributed by atoms with Gasteiger partial charge in [0.1, 0.15) is 0 Å². The minimum atomic E-state index is 0.628. The van der Waals surface area contributed by atoms with Crippen LogP contribution in [-0.4, -0.2) is 6.29 Å². The predicted octanol–water partition coefficient (Wildman–Crippen LogP) is 3.48. The van der Waals surface area contributed by atoms with Gasteiger partial charge in [-0.25, -0.2) is 0 Å². The quantitative estimate of drug-likeness (QED) is 0.508. The summed E-state index contributed by atoms with van der Waals surface area (Å²) < 4.78 is 0. The van der Waals surface area contributed by atoms with Gasteiger partial charge < -0.3 is 0 Å². The Bertz CT molecular complexity index is 99.2. The van der Waals surface area contributed by atoms with E-state index in [9.17, 15) is 4.79 Å². The van der Waals surface area contributed by atoms with Crippen molar-refractivity contribution in [3.8, 4) is 0 Å². The Morgan fingerprint density at radius 1 is 1.17 bits per heavy atom. The molecule has 71 valence electrons. The van der Waals surface area contributed by atoms with E-state index in [-0.39, 0.29) is 0 Å². The highest BCUT2D eigenvalue weighted by molar-refractivity contribution is 5.50. The highest BCUT2D eigenvalue weighted by Gasteiger charge is 1.97. The van der Waals surface area contributed by atoms with Gasteiger partial charge in [0, 0.05) is 6.42 Å². The van der Waals surface area contributed by atoms with Crippen LogP contribution in [0.2, 0.25) is 0 Å². The summed E-state index contributed by atoms with van der Waals surface area (Å²) in [6, 6.07) is 0. The molecule has 0 aromatic carbocycles. The van der Waals surface area contributed by atoms with E-state index < -0.39 is 0 Å². The molecule has 0 heterocycles. The van der Waals surface area contributed by atoms with Crippen LogP contribution in [0.1, 0.15) is 58.8 Å². The van der Waals surface area contributed by atoms with Gasteiger partial charge in [-0.15, -0.1) is 0 Å². The van der Waals surface area contributed by atoms with E-state index in [2.05, 4.69) is 13.8 Å². The summed E-state index contributed by atoms with van der Waals surface area (Å²) in [7, 11) is 0. The summed E-state index contributed by atoms with van der Waals surface area (Å²) in [6.07, 6.45) is 10.0. The molecule has 1 nitrogen and oxygen atoms in total. The molecule has 0 fully saturated rings. The second kappa shape index (κ2) is 8.76. The third-order valence-electron chi connectivity index (χ3n) is 2.42. The number of rotatable bonds is 8. The van der Waals surface area contributed by atoms with Crippen molar-refractivity contribution in [3.63, 3.8) is 0 Å². The van der Waals surface area contributed by atoms with Crippen LogP contribution in [0.15, 0.2) is 0 Å². The van der Waals surface area contributed by atoms with Crippen molar-refractivity contribution in [2.24, 2.45) is 5.92 Å². The maximum Gasteiger partial charge on any atom is 0.198 e. The summed E-state index contributed by atoms with van der Waals surface area (Å²) in [5.74, 6) is 0.877. The molecule has 0 aliphatic rings. The van der Waals surface area contributed by atoms with Crippen LogP contribution in [0.3, 0.4) is 0 Å². The maximum absolute atomic E-state index is 9.87. The van der Waals surface area contributed by atoms with E-state index in [0.29, 0.717) is 6.42 Å². The lowest BCUT2D eigenvalue weighted by atomic mass is 10.0. The van der Waals surface area contributed by atoms with Crippen LogP contribution in [-0.2, 0) is 4.79 Å². The monoisotopic (exact) mass is 169 g/mol. The highest BCUT2D eigenvalue weighted by Crippen LogP contribution is 2.13. The molecule has 0 saturated heterocycles. The van der Waals surface area contributed by atoms with Crippen molar-refractivity contribution in [1.29, 1.82) is 0 Å². The first-order valence-corrected chi connectivity index (χ1v) is 5.16. The Labute approximate surface area is 76.6 Å². The molecule has 0 rings (SSSR count). The number of carbonyl (C=O) groups excluding carboxylic acids is 1. The molecule has 0 spiro atoms. The molecule has 1 atom stereocenters. The lowest BCUT2D eigenvalue weighted by molar-refractivity contribution is 0.474. The second-order valence-electron chi connectivity index (χ2n) is 3.61. The van der Waals surface area contributed by atoms with Crippen LogP contribution >= 0.6 is 0 Å². The van der Waals surface area contributed by atoms with Crippen molar-refractivity contribution < 1.29 is 4.79 Å². The Morgan fingerprint density at radius 2 is 1.83 bits per heavy atom. The fourth-order valence-corrected chi connectivity index (χ4v) is 1.25. The Morgan fingerprint density at radius 3 is 2.42 bits per heavy atom. The van der Waals surface area contributed by atoms with Crippen LogP contribution in [0, 0.1) is 5.92 Å². The van der Waals surface area contributed by atoms with Gasteiger partial charge in [0.2, 0.25) is 0 Å². The Hall–Kier alpha value is -0.330. The summed E-state index contributed by atoms with van der Waals surface area (Å²) in [4.78, 5) is 9.87. The van der Waals surface area contributed by atoms with Crippen molar-refractivity contribution in [3.05, 3.63) is 0 Å². The van der Waals surface area contributed by atoms with Crippen molar-refractivity contribution in [1.82, 2.24) is 0 Å². The topological polar surface area (TPSA) is 17.1 Å². The van der Waals surface area contributed by atoms with Gasteiger partial charge in [-0.05, 0) is 12.3 Å². The predicted molar refractivity (Wildman–Crippen MR) is 52.9 cm³/mol. The molecule has 0 aliphatic carbocycles. The van der Waals surface area contributed by atoms with E-state index in [4.69, 9.17) is 0 Å². The number of hydrogen-bond donors (Lipinski definition) is 0. The first-order valence-electron chi connectivity index (χ1n) is 5.16. The lowest BCUT2D eigenvalue weighted by Crippen LogP contribution is -1.91. The normalized spacial score (nSPS) is 12.8. The molecule has 12 heavy (non-hydrogen) atoms. The van der Waals surface area contributed by atoms with Gasteiger partial charge in [0.25, 0.3) is 0 Å². The largest absolute Gasteiger partial charge is 0.291 e. The molecule has 0 aromatic rings. The summed E-state index contributed by atoms with van der Waals surface area (Å²) in [6.45, 7) is 4.55. The van der Waals surface area contributed by atoms with E-state index in [1.165, 1.54) is 32.1 Å². The molecular formula is C11H21O. The van der Waals surface area contributed by atoms with Crippen LogP contribution in [0.25, 0.3) is 0 Å². The first kappa shape index (κ1) is 11.7. The zero-order chi connectivity index (χ0) is 9.23. The minimum Gasteiger partial charge on any atom is -0.291 e. The average Bonchev–Trinajstić information content (AvgIpc) is 2.10. The van der Waals surface area contributed by atoms with E-state index in [1.54, 1.807) is 0 Å². The van der Waals surface area contributed by atoms with Crippen molar-refractivity contribution in [2.75, 3.05) is 0 Å². The minimum absolute atomic E-state index is 0.628. The van der Waals surface area contributed by atoms with Crippen molar-refractivity contribution >= 4 is 6.29 Å². The molecule has 1 radical (unpaired) electrons. The molecular weight excluding hydrogens is 148 g/mol. The number of hydrogen-bond acceptors (Lipinski definition) is 1. The SMILES string of the molecule is CCC(C)CCCCCC[C]=O. The lowest BCUT2D eigenvalue weighted by Gasteiger charge is -2.06. The number of unbranched alkanes of at least 4 members (excludes halogenated alkanes) is 4. The second-order valence-corrected chi connectivity index (χ2v) is 3.61. The first-order chi connectivity index (χ1) is 5.81. The Balaban J connectivity index is 2.95. The van der Waals surface area contributed by atoms with Crippen LogP contribution in [0.4, 0.5) is 0 Å². The third kappa shape index (κ3) is 7.77. The van der Waals surface area contributed by atoms with E-state index in [0.717, 1.165) is 12.3 Å². The van der Waals surface area contributed by atoms with Crippen LogP contribution in [0.5, 0.6) is 0 Å². The molecule has 0 saturated carbocycles. The summed E-state index contributed by atoms with van der Waals surface area (Å²) in [5.41, 5.74) is 0. The molecule has 0 aromatic heterocycles. The van der Waals surface area contributed by atoms with Gasteiger partial charge in [0.05, 0.1) is 0 Å². The van der Waals surface area contributed by atoms with E-state index >= 15 is 0 Å². The highest BCUT2D eigenvalue weighted by atomic mass is 16.1. The Kier molecular flexibility index (Phi) is 8.52. The molecule has 1 unspecified atom stereocenters. The average molecular weight is 169 g/mol. The fourth-order valence-electron chi connectivity index (χ4n) is 1.25. The molecule has 0 bridgehead atoms. The van der Waals surface area contributed by atoms with Gasteiger partial charge in [-0.3, -0.25) is 4.79 Å². The zero-order valence-corrected chi connectivity index (χ0v) is 8.44. The summed E-state index contributed by atoms with van der Waals surface area (Å²) in [5, 5.41) is 0. The van der Waals surface area contributed by atoms with Crippen molar-refractivity contribution in [2.45, 2.75) is 58.8 Å². The zero-order valence-electron chi connectivity index (χ0n) is 8.44. The maximum atomic E-state index is 9.87. The van der Waals surface area contributed by atoms with Gasteiger partial charge >= 0.3 is 0 Å². The summed E-state index contributed by atoms with van der Waals surface area (Å²) >= 11 is 0. The van der Waals surface area contributed by atoms with E-state index in [1.807, 2.05) is 6.29 Å². The molecule has 0 amide bonds. The standard InChI is InChI=1S/C11H21O/c1-3-11(2)9-7-5-4-6-8-10-12/h11H,3-9H2,1-2H3. The van der Waals surface area contributed by atoms with Gasteiger partial charge in [-0.2, -0.15) is 0 Å².